The Morgan fingerprint density at radius 1 is 1.29 bits per heavy atom. The fourth-order valence-electron chi connectivity index (χ4n) is 1.91. The Labute approximate surface area is 122 Å². The van der Waals surface area contributed by atoms with Gasteiger partial charge in [-0.15, -0.1) is 0 Å². The molecule has 0 aliphatic heterocycles. The molecule has 110 valence electrons. The van der Waals surface area contributed by atoms with Crippen molar-refractivity contribution < 1.29 is 14.3 Å². The van der Waals surface area contributed by atoms with Crippen LogP contribution in [0.15, 0.2) is 42.7 Å². The maximum absolute atomic E-state index is 12.3. The topological polar surface area (TPSA) is 64.4 Å². The van der Waals surface area contributed by atoms with E-state index in [2.05, 4.69) is 9.84 Å². The van der Waals surface area contributed by atoms with E-state index in [9.17, 15) is 9.59 Å². The summed E-state index contributed by atoms with van der Waals surface area (Å²) in [5.41, 5.74) is 1.39. The third-order valence-electron chi connectivity index (χ3n) is 3.10. The van der Waals surface area contributed by atoms with Gasteiger partial charge in [0.25, 0.3) is 5.91 Å². The predicted molar refractivity (Wildman–Crippen MR) is 77.2 cm³/mol. The third-order valence-corrected chi connectivity index (χ3v) is 3.10. The molecular formula is C15H17N3O3. The van der Waals surface area contributed by atoms with Crippen molar-refractivity contribution >= 4 is 11.9 Å². The van der Waals surface area contributed by atoms with Crippen LogP contribution >= 0.6 is 0 Å². The highest BCUT2D eigenvalue weighted by molar-refractivity contribution is 5.96. The molecule has 0 saturated carbocycles. The maximum Gasteiger partial charge on any atom is 0.325 e. The second-order valence-electron chi connectivity index (χ2n) is 4.39. The number of hydrogen-bond acceptors (Lipinski definition) is 4. The van der Waals surface area contributed by atoms with Crippen LogP contribution in [-0.2, 0) is 9.53 Å². The molecule has 1 amide bonds. The summed E-state index contributed by atoms with van der Waals surface area (Å²) in [6, 6.07) is 8.89. The zero-order chi connectivity index (χ0) is 15.2. The minimum absolute atomic E-state index is 0.0489. The Morgan fingerprint density at radius 2 is 2.00 bits per heavy atom. The van der Waals surface area contributed by atoms with Crippen LogP contribution in [0.2, 0.25) is 0 Å². The summed E-state index contributed by atoms with van der Waals surface area (Å²) >= 11 is 0. The average molecular weight is 287 g/mol. The second kappa shape index (κ2) is 6.69. The number of nitrogens with zero attached hydrogens (tertiary/aromatic N) is 3. The molecule has 21 heavy (non-hydrogen) atoms. The number of carbonyl (C=O) groups excluding carboxylic acids is 2. The summed E-state index contributed by atoms with van der Waals surface area (Å²) in [7, 11) is 1.31. The zero-order valence-electron chi connectivity index (χ0n) is 12.0. The lowest BCUT2D eigenvalue weighted by Crippen LogP contribution is -2.36. The third kappa shape index (κ3) is 3.47. The molecule has 1 aromatic heterocycles. The first-order valence-corrected chi connectivity index (χ1v) is 6.62. The lowest BCUT2D eigenvalue weighted by atomic mass is 10.2. The van der Waals surface area contributed by atoms with Crippen molar-refractivity contribution in [2.45, 2.75) is 6.92 Å². The van der Waals surface area contributed by atoms with Gasteiger partial charge >= 0.3 is 5.97 Å². The van der Waals surface area contributed by atoms with Crippen LogP contribution in [0.1, 0.15) is 17.3 Å². The highest BCUT2D eigenvalue weighted by Gasteiger charge is 2.17. The Hall–Kier alpha value is -2.63. The number of likely N-dealkylation sites (N-methyl/N-ethyl adjacent to an activating group) is 1. The van der Waals surface area contributed by atoms with Gasteiger partial charge in [0.15, 0.2) is 0 Å². The van der Waals surface area contributed by atoms with E-state index in [1.165, 1.54) is 12.0 Å². The normalized spacial score (nSPS) is 10.2. The van der Waals surface area contributed by atoms with E-state index in [0.717, 1.165) is 5.69 Å². The van der Waals surface area contributed by atoms with Gasteiger partial charge in [-0.05, 0) is 37.3 Å². The van der Waals surface area contributed by atoms with Gasteiger partial charge in [-0.3, -0.25) is 9.59 Å². The highest BCUT2D eigenvalue weighted by atomic mass is 16.5. The molecule has 0 aliphatic rings. The van der Waals surface area contributed by atoms with Gasteiger partial charge in [0.1, 0.15) is 6.54 Å². The molecule has 0 fully saturated rings. The molecular weight excluding hydrogens is 270 g/mol. The quantitative estimate of drug-likeness (QED) is 0.782. The van der Waals surface area contributed by atoms with Crippen molar-refractivity contribution in [3.8, 4) is 5.69 Å². The molecule has 0 unspecified atom stereocenters. The molecule has 0 saturated heterocycles. The molecule has 0 radical (unpaired) electrons. The van der Waals surface area contributed by atoms with Crippen LogP contribution in [0.4, 0.5) is 0 Å². The van der Waals surface area contributed by atoms with Crippen molar-refractivity contribution in [2.75, 3.05) is 20.2 Å². The van der Waals surface area contributed by atoms with Crippen LogP contribution in [0.5, 0.6) is 0 Å². The number of carbonyl (C=O) groups is 2. The summed E-state index contributed by atoms with van der Waals surface area (Å²) in [5, 5.41) is 4.12. The highest BCUT2D eigenvalue weighted by Crippen LogP contribution is 2.11. The standard InChI is InChI=1S/C15H17N3O3/c1-3-17(11-14(19)21-2)15(20)12-5-7-13(8-6-12)18-10-4-9-16-18/h4-10H,3,11H2,1-2H3. The van der Waals surface area contributed by atoms with Gasteiger partial charge < -0.3 is 9.64 Å². The molecule has 1 aromatic carbocycles. The first-order chi connectivity index (χ1) is 10.2. The lowest BCUT2D eigenvalue weighted by molar-refractivity contribution is -0.141. The van der Waals surface area contributed by atoms with Crippen molar-refractivity contribution in [1.82, 2.24) is 14.7 Å². The number of ether oxygens (including phenoxy) is 1. The number of methoxy groups -OCH3 is 1. The SMILES string of the molecule is CCN(CC(=O)OC)C(=O)c1ccc(-n2cccn2)cc1. The average Bonchev–Trinajstić information content (AvgIpc) is 3.06. The summed E-state index contributed by atoms with van der Waals surface area (Å²) in [4.78, 5) is 25.1. The smallest absolute Gasteiger partial charge is 0.325 e. The summed E-state index contributed by atoms with van der Waals surface area (Å²) in [6.45, 7) is 2.21. The van der Waals surface area contributed by atoms with Crippen molar-refractivity contribution in [3.05, 3.63) is 48.3 Å². The van der Waals surface area contributed by atoms with Crippen LogP contribution < -0.4 is 0 Å². The molecule has 0 spiro atoms. The first-order valence-electron chi connectivity index (χ1n) is 6.62. The lowest BCUT2D eigenvalue weighted by Gasteiger charge is -2.19. The molecule has 6 heteroatoms. The summed E-state index contributed by atoms with van der Waals surface area (Å²) in [5.74, 6) is -0.631. The molecule has 0 atom stereocenters. The minimum Gasteiger partial charge on any atom is -0.468 e. The van der Waals surface area contributed by atoms with Crippen molar-refractivity contribution in [2.24, 2.45) is 0 Å². The monoisotopic (exact) mass is 287 g/mol. The van der Waals surface area contributed by atoms with Gasteiger partial charge in [-0.25, -0.2) is 4.68 Å². The minimum atomic E-state index is -0.432. The molecule has 2 rings (SSSR count). The largest absolute Gasteiger partial charge is 0.468 e. The van der Waals surface area contributed by atoms with E-state index in [4.69, 9.17) is 0 Å². The van der Waals surface area contributed by atoms with Crippen molar-refractivity contribution in [3.63, 3.8) is 0 Å². The zero-order valence-corrected chi connectivity index (χ0v) is 12.0. The number of amides is 1. The molecule has 0 N–H and O–H groups in total. The molecule has 6 nitrogen and oxygen atoms in total. The van der Waals surface area contributed by atoms with E-state index in [0.29, 0.717) is 12.1 Å². The van der Waals surface area contributed by atoms with E-state index in [-0.39, 0.29) is 12.5 Å². The predicted octanol–water partition coefficient (Wildman–Crippen LogP) is 1.51. The molecule has 0 aliphatic carbocycles. The van der Waals surface area contributed by atoms with Gasteiger partial charge in [-0.2, -0.15) is 5.10 Å². The van der Waals surface area contributed by atoms with Gasteiger partial charge in [0.2, 0.25) is 0 Å². The van der Waals surface area contributed by atoms with E-state index in [1.807, 2.05) is 31.3 Å². The van der Waals surface area contributed by atoms with Gasteiger partial charge in [-0.1, -0.05) is 0 Å². The Balaban J connectivity index is 2.13. The number of benzene rings is 1. The number of rotatable bonds is 5. The fourth-order valence-corrected chi connectivity index (χ4v) is 1.91. The van der Waals surface area contributed by atoms with Gasteiger partial charge in [0.05, 0.1) is 12.8 Å². The second-order valence-corrected chi connectivity index (χ2v) is 4.39. The maximum atomic E-state index is 12.3. The van der Waals surface area contributed by atoms with E-state index in [1.54, 1.807) is 23.0 Å². The molecule has 1 heterocycles. The number of hydrogen-bond donors (Lipinski definition) is 0. The van der Waals surface area contributed by atoms with E-state index >= 15 is 0 Å². The van der Waals surface area contributed by atoms with E-state index < -0.39 is 5.97 Å². The molecule has 0 bridgehead atoms. The van der Waals surface area contributed by atoms with Crippen LogP contribution in [0, 0.1) is 0 Å². The number of esters is 1. The molecule has 2 aromatic rings. The Bertz CT molecular complexity index is 606. The van der Waals surface area contributed by atoms with Crippen LogP contribution in [0.25, 0.3) is 5.69 Å². The summed E-state index contributed by atoms with van der Waals surface area (Å²) in [6.07, 6.45) is 3.51. The fraction of sp³-hybridized carbons (Fsp3) is 0.267. The number of aromatic nitrogens is 2. The van der Waals surface area contributed by atoms with Gasteiger partial charge in [0, 0.05) is 24.5 Å². The summed E-state index contributed by atoms with van der Waals surface area (Å²) < 4.78 is 6.30. The Kier molecular flexibility index (Phi) is 4.71. The Morgan fingerprint density at radius 3 is 2.52 bits per heavy atom. The van der Waals surface area contributed by atoms with Crippen LogP contribution in [0.3, 0.4) is 0 Å². The van der Waals surface area contributed by atoms with Crippen LogP contribution in [-0.4, -0.2) is 46.8 Å². The van der Waals surface area contributed by atoms with Crippen molar-refractivity contribution in [1.29, 1.82) is 0 Å². The first kappa shape index (κ1) is 14.8.